The maximum absolute atomic E-state index is 13.2. The number of carbonyl (C=O) groups excluding carboxylic acids is 1. The van der Waals surface area contributed by atoms with Gasteiger partial charge in [-0.15, -0.1) is 0 Å². The summed E-state index contributed by atoms with van der Waals surface area (Å²) in [6, 6.07) is 8.00. The standard InChI is InChI=1S/C20H29NO3/c1-3-5-12-24-17-9-7-6-8-16(17)19(23)21-15-10-11-18(21)20(4-2,13-15)14-22/h6-9,15,18,22H,3-5,10-14H2,1-2H3/t15-,18+,20-/m0/s1. The van der Waals surface area contributed by atoms with E-state index in [0.717, 1.165) is 38.5 Å². The first-order valence-electron chi connectivity index (χ1n) is 9.32. The van der Waals surface area contributed by atoms with Gasteiger partial charge < -0.3 is 14.7 Å². The number of rotatable bonds is 7. The molecule has 4 heteroatoms. The molecular formula is C20H29NO3. The second-order valence-electron chi connectivity index (χ2n) is 7.24. The van der Waals surface area contributed by atoms with Gasteiger partial charge in [0.25, 0.3) is 5.91 Å². The summed E-state index contributed by atoms with van der Waals surface area (Å²) < 4.78 is 5.86. The van der Waals surface area contributed by atoms with Crippen LogP contribution < -0.4 is 4.74 Å². The summed E-state index contributed by atoms with van der Waals surface area (Å²) in [6.45, 7) is 5.06. The maximum Gasteiger partial charge on any atom is 0.258 e. The molecular weight excluding hydrogens is 302 g/mol. The second-order valence-corrected chi connectivity index (χ2v) is 7.24. The van der Waals surface area contributed by atoms with Crippen LogP contribution in [0.1, 0.15) is 62.7 Å². The minimum Gasteiger partial charge on any atom is -0.493 e. The number of amides is 1. The molecule has 132 valence electrons. The van der Waals surface area contributed by atoms with Crippen LogP contribution in [0.3, 0.4) is 0 Å². The van der Waals surface area contributed by atoms with Crippen molar-refractivity contribution in [1.29, 1.82) is 0 Å². The highest BCUT2D eigenvalue weighted by Crippen LogP contribution is 2.52. The van der Waals surface area contributed by atoms with Crippen LogP contribution in [0.4, 0.5) is 0 Å². The van der Waals surface area contributed by atoms with Crippen LogP contribution in [0.15, 0.2) is 24.3 Å². The number of benzene rings is 1. The second kappa shape index (κ2) is 7.14. The van der Waals surface area contributed by atoms with Crippen molar-refractivity contribution in [2.75, 3.05) is 13.2 Å². The first-order chi connectivity index (χ1) is 11.7. The molecule has 0 aromatic heterocycles. The zero-order chi connectivity index (χ0) is 17.2. The van der Waals surface area contributed by atoms with E-state index in [4.69, 9.17) is 4.74 Å². The van der Waals surface area contributed by atoms with Gasteiger partial charge in [-0.3, -0.25) is 4.79 Å². The van der Waals surface area contributed by atoms with Gasteiger partial charge in [-0.1, -0.05) is 32.4 Å². The van der Waals surface area contributed by atoms with E-state index in [-0.39, 0.29) is 30.0 Å². The van der Waals surface area contributed by atoms with E-state index in [1.807, 2.05) is 29.2 Å². The lowest BCUT2D eigenvalue weighted by atomic mass is 9.72. The number of ether oxygens (including phenoxy) is 1. The Morgan fingerprint density at radius 3 is 2.79 bits per heavy atom. The average molecular weight is 331 g/mol. The fraction of sp³-hybridized carbons (Fsp3) is 0.650. The van der Waals surface area contributed by atoms with Crippen molar-refractivity contribution in [3.05, 3.63) is 29.8 Å². The Bertz CT molecular complexity index is 582. The van der Waals surface area contributed by atoms with Crippen LogP contribution in [-0.4, -0.2) is 41.2 Å². The minimum atomic E-state index is -0.114. The lowest BCUT2D eigenvalue weighted by Gasteiger charge is -2.34. The monoisotopic (exact) mass is 331 g/mol. The molecule has 2 bridgehead atoms. The Labute approximate surface area is 144 Å². The summed E-state index contributed by atoms with van der Waals surface area (Å²) in [4.78, 5) is 15.3. The summed E-state index contributed by atoms with van der Waals surface area (Å²) in [5.41, 5.74) is 0.548. The molecule has 2 aliphatic heterocycles. The van der Waals surface area contributed by atoms with Crippen LogP contribution in [0.2, 0.25) is 0 Å². The SMILES string of the molecule is CCCCOc1ccccc1C(=O)N1[C@H]2CC[C@@H]1[C@](CC)(CO)C2. The molecule has 2 aliphatic rings. The fourth-order valence-corrected chi connectivity index (χ4v) is 4.49. The van der Waals surface area contributed by atoms with E-state index >= 15 is 0 Å². The summed E-state index contributed by atoms with van der Waals surface area (Å²) >= 11 is 0. The van der Waals surface area contributed by atoms with Gasteiger partial charge in [0.2, 0.25) is 0 Å². The first kappa shape index (κ1) is 17.3. The number of hydrogen-bond acceptors (Lipinski definition) is 3. The van der Waals surface area contributed by atoms with Crippen LogP contribution in [0, 0.1) is 5.41 Å². The van der Waals surface area contributed by atoms with Crippen molar-refractivity contribution in [1.82, 2.24) is 4.90 Å². The zero-order valence-corrected chi connectivity index (χ0v) is 14.8. The van der Waals surface area contributed by atoms with Crippen LogP contribution in [-0.2, 0) is 0 Å². The third kappa shape index (κ3) is 2.81. The van der Waals surface area contributed by atoms with E-state index < -0.39 is 0 Å². The highest BCUT2D eigenvalue weighted by atomic mass is 16.5. The van der Waals surface area contributed by atoms with Crippen molar-refractivity contribution in [3.63, 3.8) is 0 Å². The molecule has 24 heavy (non-hydrogen) atoms. The summed E-state index contributed by atoms with van der Waals surface area (Å²) in [5.74, 6) is 0.756. The van der Waals surface area contributed by atoms with Gasteiger partial charge in [0.15, 0.2) is 0 Å². The first-order valence-corrected chi connectivity index (χ1v) is 9.32. The van der Waals surface area contributed by atoms with Gasteiger partial charge in [0, 0.05) is 17.5 Å². The maximum atomic E-state index is 13.2. The van der Waals surface area contributed by atoms with Crippen LogP contribution in [0.25, 0.3) is 0 Å². The molecule has 2 saturated heterocycles. The van der Waals surface area contributed by atoms with E-state index in [0.29, 0.717) is 17.9 Å². The molecule has 0 unspecified atom stereocenters. The molecule has 1 amide bonds. The highest BCUT2D eigenvalue weighted by molar-refractivity contribution is 5.97. The Hall–Kier alpha value is -1.55. The number of fused-ring (bicyclic) bond motifs is 2. The number of unbranched alkanes of at least 4 members (excludes halogenated alkanes) is 1. The third-order valence-corrected chi connectivity index (χ3v) is 5.98. The summed E-state index contributed by atoms with van der Waals surface area (Å²) in [7, 11) is 0. The number of nitrogens with zero attached hydrogens (tertiary/aromatic N) is 1. The largest absolute Gasteiger partial charge is 0.493 e. The molecule has 0 aliphatic carbocycles. The Balaban J connectivity index is 1.83. The number of carbonyl (C=O) groups is 1. The third-order valence-electron chi connectivity index (χ3n) is 5.98. The number of aliphatic hydroxyl groups is 1. The van der Waals surface area contributed by atoms with Gasteiger partial charge in [-0.05, 0) is 44.2 Å². The summed E-state index contributed by atoms with van der Waals surface area (Å²) in [6.07, 6.45) is 5.96. The van der Waals surface area contributed by atoms with E-state index in [1.165, 1.54) is 0 Å². The minimum absolute atomic E-state index is 0.0679. The predicted octanol–water partition coefficient (Wildman–Crippen LogP) is 3.63. The molecule has 0 saturated carbocycles. The van der Waals surface area contributed by atoms with Crippen molar-refractivity contribution >= 4 is 5.91 Å². The molecule has 0 spiro atoms. The number of aliphatic hydroxyl groups excluding tert-OH is 1. The molecule has 3 rings (SSSR count). The van der Waals surface area contributed by atoms with Crippen molar-refractivity contribution < 1.29 is 14.6 Å². The van der Waals surface area contributed by atoms with Gasteiger partial charge in [-0.25, -0.2) is 0 Å². The molecule has 1 aromatic rings. The van der Waals surface area contributed by atoms with E-state index in [9.17, 15) is 9.90 Å². The van der Waals surface area contributed by atoms with E-state index in [2.05, 4.69) is 13.8 Å². The normalized spacial score (nSPS) is 28.4. The molecule has 1 N–H and O–H groups in total. The molecule has 2 heterocycles. The molecule has 1 aromatic carbocycles. The smallest absolute Gasteiger partial charge is 0.258 e. The van der Waals surface area contributed by atoms with Crippen molar-refractivity contribution in [2.45, 2.75) is 64.5 Å². The molecule has 2 fully saturated rings. The van der Waals surface area contributed by atoms with Gasteiger partial charge in [-0.2, -0.15) is 0 Å². The lowest BCUT2D eigenvalue weighted by Crippen LogP contribution is -2.42. The molecule has 3 atom stereocenters. The van der Waals surface area contributed by atoms with E-state index in [1.54, 1.807) is 0 Å². The van der Waals surface area contributed by atoms with Crippen molar-refractivity contribution in [2.24, 2.45) is 5.41 Å². The number of hydrogen-bond donors (Lipinski definition) is 1. The molecule has 4 nitrogen and oxygen atoms in total. The lowest BCUT2D eigenvalue weighted by molar-refractivity contribution is 0.0554. The zero-order valence-electron chi connectivity index (χ0n) is 14.8. The predicted molar refractivity (Wildman–Crippen MR) is 94.3 cm³/mol. The highest BCUT2D eigenvalue weighted by Gasteiger charge is 2.56. The van der Waals surface area contributed by atoms with Gasteiger partial charge in [0.1, 0.15) is 5.75 Å². The van der Waals surface area contributed by atoms with Gasteiger partial charge >= 0.3 is 0 Å². The summed E-state index contributed by atoms with van der Waals surface area (Å²) in [5, 5.41) is 9.94. The topological polar surface area (TPSA) is 49.8 Å². The quantitative estimate of drug-likeness (QED) is 0.776. The number of para-hydroxylation sites is 1. The van der Waals surface area contributed by atoms with Crippen LogP contribution >= 0.6 is 0 Å². The van der Waals surface area contributed by atoms with Gasteiger partial charge in [0.05, 0.1) is 18.8 Å². The Morgan fingerprint density at radius 2 is 2.12 bits per heavy atom. The molecule has 0 radical (unpaired) electrons. The average Bonchev–Trinajstić information content (AvgIpc) is 3.18. The van der Waals surface area contributed by atoms with Crippen LogP contribution in [0.5, 0.6) is 5.75 Å². The fourth-order valence-electron chi connectivity index (χ4n) is 4.49. The Kier molecular flexibility index (Phi) is 5.14. The van der Waals surface area contributed by atoms with Crippen molar-refractivity contribution in [3.8, 4) is 5.75 Å². The Morgan fingerprint density at radius 1 is 1.33 bits per heavy atom.